The molecule has 59 heavy (non-hydrogen) atoms. The van der Waals surface area contributed by atoms with Crippen LogP contribution in [0.25, 0.3) is 0 Å². The molecule has 1 saturated carbocycles. The summed E-state index contributed by atoms with van der Waals surface area (Å²) in [7, 11) is -3.65. The lowest BCUT2D eigenvalue weighted by atomic mass is 9.77. The minimum atomic E-state index is -3.65. The maximum Gasteiger partial charge on any atom is 0.306 e. The van der Waals surface area contributed by atoms with Crippen LogP contribution in [-0.2, 0) is 48.1 Å². The number of nitrogens with two attached hydrogens (primary N) is 1. The van der Waals surface area contributed by atoms with Gasteiger partial charge in [-0.2, -0.15) is 0 Å². The zero-order chi connectivity index (χ0) is 43.1. The van der Waals surface area contributed by atoms with Crippen molar-refractivity contribution in [3.05, 3.63) is 66.2 Å². The number of ether oxygens (including phenoxy) is 1. The van der Waals surface area contributed by atoms with Crippen molar-refractivity contribution in [3.63, 3.8) is 0 Å². The highest BCUT2D eigenvalue weighted by molar-refractivity contribution is 7.91. The third-order valence-electron chi connectivity index (χ3n) is 11.5. The summed E-state index contributed by atoms with van der Waals surface area (Å²) in [4.78, 5) is 95.5. The standard InChI is InChI=1S/C45H61N3O10S/c1-4-14-34(43(53)38(49)21-22-40(51)47-42(44(46)54)33-17-10-6-11-18-33)26-39(50)37-25-31(23-24-59(56,57)35-19-12-7-13-20-35)28-48(37)45(55)36(32-15-8-5-9-16-32)27-41(52)58-29-30(2)3/h6-7,10-13,17-20,30-32,34,36-37,42H,4-5,8-9,14-16,21-29H2,1-3H3,(H2,46,54)(H,47,51)/t31-,34?,36+,37+,42?/m1/s1. The number of esters is 1. The lowest BCUT2D eigenvalue weighted by molar-refractivity contribution is -0.152. The highest BCUT2D eigenvalue weighted by atomic mass is 32.2. The van der Waals surface area contributed by atoms with Crippen LogP contribution >= 0.6 is 0 Å². The molecular weight excluding hydrogens is 775 g/mol. The van der Waals surface area contributed by atoms with Crippen molar-refractivity contribution >= 4 is 50.9 Å². The quantitative estimate of drug-likeness (QED) is 0.106. The summed E-state index contributed by atoms with van der Waals surface area (Å²) in [6.07, 6.45) is 4.12. The summed E-state index contributed by atoms with van der Waals surface area (Å²) in [5.41, 5.74) is 5.97. The smallest absolute Gasteiger partial charge is 0.306 e. The van der Waals surface area contributed by atoms with Gasteiger partial charge in [-0.05, 0) is 67.6 Å². The van der Waals surface area contributed by atoms with Crippen molar-refractivity contribution in [2.24, 2.45) is 35.3 Å². The van der Waals surface area contributed by atoms with Gasteiger partial charge in [0.05, 0.1) is 35.6 Å². The van der Waals surface area contributed by atoms with E-state index in [1.807, 2.05) is 20.8 Å². The number of rotatable bonds is 23. The molecule has 3 N–H and O–H groups in total. The lowest BCUT2D eigenvalue weighted by Gasteiger charge is -2.34. The second kappa shape index (κ2) is 22.6. The fourth-order valence-corrected chi connectivity index (χ4v) is 9.73. The molecule has 3 amide bonds. The number of amides is 3. The maximum absolute atomic E-state index is 14.7. The molecule has 2 unspecified atom stereocenters. The van der Waals surface area contributed by atoms with Crippen LogP contribution in [0.1, 0.15) is 116 Å². The van der Waals surface area contributed by atoms with Crippen LogP contribution in [0.3, 0.4) is 0 Å². The average Bonchev–Trinajstić information content (AvgIpc) is 3.67. The van der Waals surface area contributed by atoms with Crippen LogP contribution in [0, 0.1) is 29.6 Å². The second-order valence-electron chi connectivity index (χ2n) is 16.6. The maximum atomic E-state index is 14.7. The molecule has 13 nitrogen and oxygen atoms in total. The van der Waals surface area contributed by atoms with Gasteiger partial charge in [0.25, 0.3) is 0 Å². The van der Waals surface area contributed by atoms with E-state index in [2.05, 4.69) is 5.32 Å². The van der Waals surface area contributed by atoms with E-state index in [1.165, 1.54) is 17.0 Å². The predicted molar refractivity (Wildman–Crippen MR) is 221 cm³/mol. The normalized spacial score (nSPS) is 18.7. The third-order valence-corrected chi connectivity index (χ3v) is 13.2. The largest absolute Gasteiger partial charge is 0.465 e. The predicted octanol–water partition coefficient (Wildman–Crippen LogP) is 5.49. The molecule has 2 fully saturated rings. The number of hydrogen-bond donors (Lipinski definition) is 2. The fourth-order valence-electron chi connectivity index (χ4n) is 8.28. The molecule has 322 valence electrons. The molecule has 0 aromatic heterocycles. The number of benzene rings is 2. The van der Waals surface area contributed by atoms with Gasteiger partial charge in [0.1, 0.15) is 6.04 Å². The van der Waals surface area contributed by atoms with Gasteiger partial charge < -0.3 is 20.7 Å². The van der Waals surface area contributed by atoms with E-state index in [9.17, 15) is 42.0 Å². The Balaban J connectivity index is 1.51. The fraction of sp³-hybridized carbons (Fsp3) is 0.578. The number of likely N-dealkylation sites (tertiary alicyclic amines) is 1. The van der Waals surface area contributed by atoms with Crippen LogP contribution in [0.5, 0.6) is 0 Å². The third kappa shape index (κ3) is 13.9. The molecule has 2 aliphatic rings. The topological polar surface area (TPSA) is 204 Å². The van der Waals surface area contributed by atoms with Crippen LogP contribution < -0.4 is 11.1 Å². The highest BCUT2D eigenvalue weighted by Crippen LogP contribution is 2.37. The Labute approximate surface area is 348 Å². The van der Waals surface area contributed by atoms with Crippen molar-refractivity contribution in [2.75, 3.05) is 18.9 Å². The number of nitrogens with zero attached hydrogens (tertiary/aromatic N) is 1. The molecule has 1 saturated heterocycles. The van der Waals surface area contributed by atoms with Crippen molar-refractivity contribution in [2.45, 2.75) is 121 Å². The van der Waals surface area contributed by atoms with Gasteiger partial charge in [-0.3, -0.25) is 33.6 Å². The van der Waals surface area contributed by atoms with Gasteiger partial charge >= 0.3 is 5.97 Å². The van der Waals surface area contributed by atoms with E-state index in [0.717, 1.165) is 32.1 Å². The zero-order valence-electron chi connectivity index (χ0n) is 34.6. The van der Waals surface area contributed by atoms with Crippen LogP contribution in [0.4, 0.5) is 0 Å². The summed E-state index contributed by atoms with van der Waals surface area (Å²) in [5, 5.41) is 2.52. The van der Waals surface area contributed by atoms with E-state index >= 15 is 0 Å². The first-order valence-electron chi connectivity index (χ1n) is 21.1. The molecule has 4 rings (SSSR count). The Morgan fingerprint density at radius 3 is 2.14 bits per heavy atom. The number of primary amides is 1. The first-order chi connectivity index (χ1) is 28.1. The molecule has 2 aromatic rings. The molecule has 2 aromatic carbocycles. The number of carbonyl (C=O) groups excluding carboxylic acids is 7. The Kier molecular flexibility index (Phi) is 18.0. The minimum Gasteiger partial charge on any atom is -0.465 e. The summed E-state index contributed by atoms with van der Waals surface area (Å²) in [5.74, 6) is -6.58. The highest BCUT2D eigenvalue weighted by Gasteiger charge is 2.45. The van der Waals surface area contributed by atoms with Crippen molar-refractivity contribution in [1.82, 2.24) is 10.2 Å². The number of ketones is 3. The Morgan fingerprint density at radius 1 is 0.881 bits per heavy atom. The average molecular weight is 836 g/mol. The first-order valence-corrected chi connectivity index (χ1v) is 22.7. The molecule has 0 spiro atoms. The van der Waals surface area contributed by atoms with Gasteiger partial charge in [0.15, 0.2) is 21.4 Å². The van der Waals surface area contributed by atoms with E-state index in [0.29, 0.717) is 12.0 Å². The van der Waals surface area contributed by atoms with E-state index < -0.39 is 75.3 Å². The van der Waals surface area contributed by atoms with Gasteiger partial charge in [-0.15, -0.1) is 0 Å². The monoisotopic (exact) mass is 835 g/mol. The summed E-state index contributed by atoms with van der Waals surface area (Å²) >= 11 is 0. The van der Waals surface area contributed by atoms with Crippen LogP contribution in [0.2, 0.25) is 0 Å². The number of nitrogens with one attached hydrogen (secondary N) is 1. The molecule has 1 heterocycles. The van der Waals surface area contributed by atoms with Gasteiger partial charge in [0, 0.05) is 31.7 Å². The first kappa shape index (κ1) is 47.0. The molecule has 1 aliphatic heterocycles. The van der Waals surface area contributed by atoms with Crippen molar-refractivity contribution in [1.29, 1.82) is 0 Å². The number of hydrogen-bond acceptors (Lipinski definition) is 10. The molecule has 14 heteroatoms. The molecule has 5 atom stereocenters. The van der Waals surface area contributed by atoms with E-state index in [-0.39, 0.29) is 86.0 Å². The van der Waals surface area contributed by atoms with Gasteiger partial charge in [0.2, 0.25) is 23.5 Å². The van der Waals surface area contributed by atoms with Crippen LogP contribution in [-0.4, -0.2) is 79.3 Å². The summed E-state index contributed by atoms with van der Waals surface area (Å²) in [6.45, 7) is 5.98. The van der Waals surface area contributed by atoms with Crippen molar-refractivity contribution < 1.29 is 46.7 Å². The van der Waals surface area contributed by atoms with Gasteiger partial charge in [-0.25, -0.2) is 8.42 Å². The van der Waals surface area contributed by atoms with E-state index in [4.69, 9.17) is 10.5 Å². The second-order valence-corrected chi connectivity index (χ2v) is 18.7. The van der Waals surface area contributed by atoms with Crippen molar-refractivity contribution in [3.8, 4) is 0 Å². The van der Waals surface area contributed by atoms with Gasteiger partial charge in [-0.1, -0.05) is 95.0 Å². The molecular formula is C45H61N3O10S. The number of carbonyl (C=O) groups is 7. The van der Waals surface area contributed by atoms with E-state index in [1.54, 1.807) is 48.5 Å². The Bertz CT molecular complexity index is 1880. The Morgan fingerprint density at radius 2 is 1.53 bits per heavy atom. The molecule has 1 aliphatic carbocycles. The SMILES string of the molecule is CCCC(CC(=O)[C@@H]1C[C@@H](CCS(=O)(=O)c2ccccc2)CN1C(=O)[C@@H](CC(=O)OCC(C)C)C1CCCCC1)C(=O)C(=O)CCC(=O)NC(C(N)=O)c1ccccc1. The van der Waals surface area contributed by atoms with Crippen LogP contribution in [0.15, 0.2) is 65.6 Å². The number of Topliss-reactive ketones (excluding diaryl/α,β-unsaturated/α-hetero) is 3. The molecule has 0 bridgehead atoms. The summed E-state index contributed by atoms with van der Waals surface area (Å²) < 4.78 is 32.0. The number of sulfone groups is 1. The minimum absolute atomic E-state index is 0.0914. The molecule has 0 radical (unpaired) electrons. The Hall–Kier alpha value is -4.72. The lowest BCUT2D eigenvalue weighted by Crippen LogP contribution is -2.47. The summed E-state index contributed by atoms with van der Waals surface area (Å²) in [6, 6.07) is 14.3. The zero-order valence-corrected chi connectivity index (χ0v) is 35.5.